The number of methoxy groups -OCH3 is 2. The molecule has 2 aromatic carbocycles. The van der Waals surface area contributed by atoms with Gasteiger partial charge in [-0.05, 0) is 42.5 Å². The van der Waals surface area contributed by atoms with Gasteiger partial charge in [0.25, 0.3) is 5.91 Å². The van der Waals surface area contributed by atoms with Gasteiger partial charge in [-0.2, -0.15) is 5.10 Å². The molecule has 7 nitrogen and oxygen atoms in total. The summed E-state index contributed by atoms with van der Waals surface area (Å²) in [7, 11) is 4.89. The first-order chi connectivity index (χ1) is 15.0. The molecule has 0 aliphatic rings. The summed E-state index contributed by atoms with van der Waals surface area (Å²) in [5, 5.41) is 7.22. The van der Waals surface area contributed by atoms with Crippen LogP contribution in [0.4, 0.5) is 0 Å². The highest BCUT2D eigenvalue weighted by molar-refractivity contribution is 9.10. The van der Waals surface area contributed by atoms with Crippen molar-refractivity contribution in [2.45, 2.75) is 0 Å². The van der Waals surface area contributed by atoms with Crippen molar-refractivity contribution in [3.8, 4) is 40.3 Å². The Hall–Kier alpha value is -3.44. The van der Waals surface area contributed by atoms with Crippen molar-refractivity contribution < 1.29 is 19.0 Å². The lowest BCUT2D eigenvalue weighted by molar-refractivity contribution is 0.0949. The molecule has 3 aromatic rings. The zero-order valence-corrected chi connectivity index (χ0v) is 19.0. The number of rotatable bonds is 7. The van der Waals surface area contributed by atoms with Crippen LogP contribution in [0.5, 0.6) is 17.2 Å². The number of nitrogens with one attached hydrogen (secondary N) is 1. The van der Waals surface area contributed by atoms with Crippen molar-refractivity contribution >= 4 is 21.8 Å². The molecule has 1 amide bonds. The highest BCUT2D eigenvalue weighted by Crippen LogP contribution is 2.32. The number of ether oxygens (including phenoxy) is 3. The van der Waals surface area contributed by atoms with E-state index in [9.17, 15) is 4.79 Å². The summed E-state index contributed by atoms with van der Waals surface area (Å²) in [5.74, 6) is 7.52. The van der Waals surface area contributed by atoms with E-state index in [1.807, 2.05) is 30.3 Å². The molecule has 1 N–H and O–H groups in total. The number of hydrogen-bond donors (Lipinski definition) is 1. The minimum atomic E-state index is -0.273. The van der Waals surface area contributed by atoms with Crippen LogP contribution in [-0.4, -0.2) is 43.1 Å². The maximum absolute atomic E-state index is 12.5. The number of benzene rings is 2. The average Bonchev–Trinajstić information content (AvgIpc) is 3.17. The largest absolute Gasteiger partial charge is 0.497 e. The molecule has 0 aliphatic carbocycles. The Bertz CT molecular complexity index is 1130. The Balaban J connectivity index is 1.60. The van der Waals surface area contributed by atoms with Crippen molar-refractivity contribution in [2.75, 3.05) is 27.4 Å². The van der Waals surface area contributed by atoms with Gasteiger partial charge in [0.1, 0.15) is 29.5 Å². The summed E-state index contributed by atoms with van der Waals surface area (Å²) in [6.45, 7) is 0.432. The number of carbonyl (C=O) groups excluding carboxylic acids is 1. The molecule has 0 saturated heterocycles. The van der Waals surface area contributed by atoms with Gasteiger partial charge < -0.3 is 19.5 Å². The number of carbonyl (C=O) groups is 1. The Morgan fingerprint density at radius 3 is 2.68 bits per heavy atom. The van der Waals surface area contributed by atoms with E-state index in [1.54, 1.807) is 39.5 Å². The molecular formula is C23H22BrN3O4. The van der Waals surface area contributed by atoms with Gasteiger partial charge in [-0.25, -0.2) is 0 Å². The molecule has 160 valence electrons. The minimum absolute atomic E-state index is 0.198. The van der Waals surface area contributed by atoms with Crippen LogP contribution in [0.25, 0.3) is 11.3 Å². The second-order valence-corrected chi connectivity index (χ2v) is 7.30. The van der Waals surface area contributed by atoms with Gasteiger partial charge in [0.15, 0.2) is 0 Å². The van der Waals surface area contributed by atoms with Crippen LogP contribution < -0.4 is 19.5 Å². The van der Waals surface area contributed by atoms with E-state index in [4.69, 9.17) is 14.2 Å². The molecular weight excluding hydrogens is 462 g/mol. The lowest BCUT2D eigenvalue weighted by Crippen LogP contribution is -2.25. The lowest BCUT2D eigenvalue weighted by Gasteiger charge is -2.08. The normalized spacial score (nSPS) is 10.1. The third-order valence-electron chi connectivity index (χ3n) is 4.36. The van der Waals surface area contributed by atoms with E-state index < -0.39 is 0 Å². The fourth-order valence-electron chi connectivity index (χ4n) is 2.83. The first-order valence-corrected chi connectivity index (χ1v) is 10.2. The molecule has 0 spiro atoms. The van der Waals surface area contributed by atoms with Crippen LogP contribution in [0.1, 0.15) is 10.5 Å². The number of amides is 1. The molecule has 1 heterocycles. The quantitative estimate of drug-likeness (QED) is 0.518. The fourth-order valence-corrected chi connectivity index (χ4v) is 3.21. The van der Waals surface area contributed by atoms with Crippen LogP contribution in [0.15, 0.2) is 53.0 Å². The third kappa shape index (κ3) is 5.80. The van der Waals surface area contributed by atoms with E-state index >= 15 is 0 Å². The summed E-state index contributed by atoms with van der Waals surface area (Å²) < 4.78 is 18.7. The monoisotopic (exact) mass is 483 g/mol. The van der Waals surface area contributed by atoms with Crippen LogP contribution in [0.2, 0.25) is 0 Å². The maximum Gasteiger partial charge on any atom is 0.270 e. The molecule has 8 heteroatoms. The van der Waals surface area contributed by atoms with E-state index in [-0.39, 0.29) is 19.1 Å². The van der Waals surface area contributed by atoms with Crippen LogP contribution in [-0.2, 0) is 7.05 Å². The Morgan fingerprint density at radius 1 is 1.10 bits per heavy atom. The lowest BCUT2D eigenvalue weighted by atomic mass is 10.1. The van der Waals surface area contributed by atoms with Gasteiger partial charge in [0, 0.05) is 17.1 Å². The van der Waals surface area contributed by atoms with Gasteiger partial charge >= 0.3 is 0 Å². The topological polar surface area (TPSA) is 74.6 Å². The smallest absolute Gasteiger partial charge is 0.270 e. The SMILES string of the molecule is COc1ccc(OC)c(-c2cc(C(=O)NCC#CCOc3cccc(Br)c3)n(C)n2)c1. The number of halogens is 1. The standard InChI is InChI=1S/C23H22BrN3O4/c1-27-21(15-20(26-27)19-14-17(29-2)9-10-22(19)30-3)23(28)25-11-4-5-12-31-18-8-6-7-16(24)13-18/h6-10,13-15H,11-12H2,1-3H3,(H,25,28). The molecule has 31 heavy (non-hydrogen) atoms. The minimum Gasteiger partial charge on any atom is -0.497 e. The van der Waals surface area contributed by atoms with Crippen molar-refractivity contribution in [1.29, 1.82) is 0 Å². The summed E-state index contributed by atoms with van der Waals surface area (Å²) in [5.41, 5.74) is 1.75. The number of nitrogens with zero attached hydrogens (tertiary/aromatic N) is 2. The molecule has 1 aromatic heterocycles. The van der Waals surface area contributed by atoms with Crippen molar-refractivity contribution in [3.63, 3.8) is 0 Å². The van der Waals surface area contributed by atoms with E-state index in [1.165, 1.54) is 4.68 Å². The number of aryl methyl sites for hydroxylation is 1. The first kappa shape index (κ1) is 22.2. The molecule has 3 rings (SSSR count). The van der Waals surface area contributed by atoms with Gasteiger partial charge in [-0.1, -0.05) is 33.8 Å². The molecule has 0 unspecified atom stereocenters. The molecule has 0 bridgehead atoms. The van der Waals surface area contributed by atoms with Crippen molar-refractivity contribution in [3.05, 3.63) is 58.7 Å². The molecule has 0 atom stereocenters. The maximum atomic E-state index is 12.5. The highest BCUT2D eigenvalue weighted by Gasteiger charge is 2.17. The zero-order chi connectivity index (χ0) is 22.2. The number of hydrogen-bond acceptors (Lipinski definition) is 5. The molecule has 0 radical (unpaired) electrons. The Labute approximate surface area is 189 Å². The number of aromatic nitrogens is 2. The molecule has 0 fully saturated rings. The Kier molecular flexibility index (Phi) is 7.57. The third-order valence-corrected chi connectivity index (χ3v) is 4.86. The van der Waals surface area contributed by atoms with Gasteiger partial charge in [-0.15, -0.1) is 0 Å². The van der Waals surface area contributed by atoms with Crippen molar-refractivity contribution in [1.82, 2.24) is 15.1 Å². The zero-order valence-electron chi connectivity index (χ0n) is 17.4. The predicted molar refractivity (Wildman–Crippen MR) is 121 cm³/mol. The summed E-state index contributed by atoms with van der Waals surface area (Å²) in [6, 6.07) is 14.6. The summed E-state index contributed by atoms with van der Waals surface area (Å²) in [6.07, 6.45) is 0. The first-order valence-electron chi connectivity index (χ1n) is 9.40. The van der Waals surface area contributed by atoms with Gasteiger partial charge in [-0.3, -0.25) is 9.48 Å². The second-order valence-electron chi connectivity index (χ2n) is 6.39. The second kappa shape index (κ2) is 10.5. The van der Waals surface area contributed by atoms with Crippen molar-refractivity contribution in [2.24, 2.45) is 7.05 Å². The van der Waals surface area contributed by atoms with Gasteiger partial charge in [0.2, 0.25) is 0 Å². The fraction of sp³-hybridized carbons (Fsp3) is 0.217. The predicted octanol–water partition coefficient (Wildman–Crippen LogP) is 3.68. The highest BCUT2D eigenvalue weighted by atomic mass is 79.9. The average molecular weight is 484 g/mol. The van der Waals surface area contributed by atoms with Crippen LogP contribution in [0.3, 0.4) is 0 Å². The van der Waals surface area contributed by atoms with E-state index in [2.05, 4.69) is 38.2 Å². The molecule has 0 saturated carbocycles. The van der Waals surface area contributed by atoms with Gasteiger partial charge in [0.05, 0.1) is 26.5 Å². The molecule has 0 aliphatic heterocycles. The van der Waals surface area contributed by atoms with Crippen LogP contribution >= 0.6 is 15.9 Å². The summed E-state index contributed by atoms with van der Waals surface area (Å²) >= 11 is 3.39. The Morgan fingerprint density at radius 2 is 1.94 bits per heavy atom. The van der Waals surface area contributed by atoms with Crippen LogP contribution in [0, 0.1) is 11.8 Å². The van der Waals surface area contributed by atoms with E-state index in [0.29, 0.717) is 22.9 Å². The van der Waals surface area contributed by atoms with E-state index in [0.717, 1.165) is 15.8 Å². The summed E-state index contributed by atoms with van der Waals surface area (Å²) in [4.78, 5) is 12.5.